The third kappa shape index (κ3) is 1.92. The molecule has 0 bridgehead atoms. The molecule has 0 atom stereocenters. The maximum Gasteiger partial charge on any atom is 0.336 e. The molecule has 2 rings (SSSR count). The Morgan fingerprint density at radius 2 is 2.06 bits per heavy atom. The zero-order chi connectivity index (χ0) is 11.5. The molecule has 1 heterocycles. The molecule has 0 spiro atoms. The summed E-state index contributed by atoms with van der Waals surface area (Å²) >= 11 is 0. The number of hydrogen-bond donors (Lipinski definition) is 0. The van der Waals surface area contributed by atoms with Crippen molar-refractivity contribution in [2.75, 3.05) is 13.9 Å². The van der Waals surface area contributed by atoms with E-state index in [1.165, 1.54) is 6.07 Å². The molecule has 4 heteroatoms. The second-order valence-electron chi connectivity index (χ2n) is 3.41. The fourth-order valence-electron chi connectivity index (χ4n) is 1.55. The van der Waals surface area contributed by atoms with Gasteiger partial charge in [-0.25, -0.2) is 4.79 Å². The van der Waals surface area contributed by atoms with E-state index in [0.717, 1.165) is 16.7 Å². The Kier molecular flexibility index (Phi) is 2.92. The van der Waals surface area contributed by atoms with Gasteiger partial charge in [-0.1, -0.05) is 0 Å². The number of methoxy groups -OCH3 is 1. The molecule has 0 saturated carbocycles. The highest BCUT2D eigenvalue weighted by Crippen LogP contribution is 2.26. The van der Waals surface area contributed by atoms with E-state index >= 15 is 0 Å². The van der Waals surface area contributed by atoms with Crippen LogP contribution in [0, 0.1) is 6.92 Å². The molecule has 0 radical (unpaired) electrons. The third-order valence-electron chi connectivity index (χ3n) is 2.35. The van der Waals surface area contributed by atoms with Crippen LogP contribution >= 0.6 is 0 Å². The molecule has 0 saturated heterocycles. The minimum Gasteiger partial charge on any atom is -0.467 e. The minimum absolute atomic E-state index is 0.198. The monoisotopic (exact) mass is 220 g/mol. The first-order chi connectivity index (χ1) is 7.72. The largest absolute Gasteiger partial charge is 0.467 e. The number of fused-ring (bicyclic) bond motifs is 1. The third-order valence-corrected chi connectivity index (χ3v) is 2.35. The Hall–Kier alpha value is -1.81. The van der Waals surface area contributed by atoms with Crippen LogP contribution in [0.2, 0.25) is 0 Å². The molecule has 4 nitrogen and oxygen atoms in total. The lowest BCUT2D eigenvalue weighted by Gasteiger charge is -2.09. The van der Waals surface area contributed by atoms with Crippen LogP contribution < -0.4 is 10.4 Å². The zero-order valence-electron chi connectivity index (χ0n) is 9.15. The Bertz CT molecular complexity index is 556. The van der Waals surface area contributed by atoms with Gasteiger partial charge in [0.1, 0.15) is 11.3 Å². The summed E-state index contributed by atoms with van der Waals surface area (Å²) in [4.78, 5) is 11.0. The topological polar surface area (TPSA) is 48.7 Å². The predicted molar refractivity (Wildman–Crippen MR) is 59.7 cm³/mol. The minimum atomic E-state index is -0.350. The lowest BCUT2D eigenvalue weighted by Crippen LogP contribution is -2.01. The molecule has 16 heavy (non-hydrogen) atoms. The first kappa shape index (κ1) is 10.7. The molecule has 0 amide bonds. The fraction of sp³-hybridized carbons (Fsp3) is 0.250. The van der Waals surface area contributed by atoms with Gasteiger partial charge >= 0.3 is 5.63 Å². The SMILES string of the molecule is COCOc1ccc2oc(=O)ccc2c1C. The van der Waals surface area contributed by atoms with Crippen LogP contribution in [0.25, 0.3) is 11.0 Å². The first-order valence-corrected chi connectivity index (χ1v) is 4.87. The van der Waals surface area contributed by atoms with Crippen LogP contribution in [0.3, 0.4) is 0 Å². The van der Waals surface area contributed by atoms with Crippen LogP contribution in [-0.2, 0) is 4.74 Å². The summed E-state index contributed by atoms with van der Waals surface area (Å²) in [6, 6.07) is 6.61. The number of hydrogen-bond acceptors (Lipinski definition) is 4. The average molecular weight is 220 g/mol. The number of rotatable bonds is 3. The van der Waals surface area contributed by atoms with E-state index in [9.17, 15) is 4.79 Å². The van der Waals surface area contributed by atoms with Crippen molar-refractivity contribution in [3.8, 4) is 5.75 Å². The van der Waals surface area contributed by atoms with Crippen LogP contribution in [0.1, 0.15) is 5.56 Å². The van der Waals surface area contributed by atoms with Crippen molar-refractivity contribution in [1.29, 1.82) is 0 Å². The summed E-state index contributed by atoms with van der Waals surface area (Å²) in [7, 11) is 1.56. The second-order valence-corrected chi connectivity index (χ2v) is 3.41. The molecule has 84 valence electrons. The molecular formula is C12H12O4. The van der Waals surface area contributed by atoms with E-state index in [-0.39, 0.29) is 12.4 Å². The van der Waals surface area contributed by atoms with Crippen molar-refractivity contribution < 1.29 is 13.9 Å². The van der Waals surface area contributed by atoms with E-state index in [4.69, 9.17) is 13.9 Å². The molecule has 0 aliphatic heterocycles. The molecule has 0 fully saturated rings. The highest BCUT2D eigenvalue weighted by Gasteiger charge is 2.06. The summed E-state index contributed by atoms with van der Waals surface area (Å²) in [5, 5.41) is 0.869. The van der Waals surface area contributed by atoms with Crippen molar-refractivity contribution in [3.63, 3.8) is 0 Å². The highest BCUT2D eigenvalue weighted by atomic mass is 16.7. The average Bonchev–Trinajstić information content (AvgIpc) is 2.28. The van der Waals surface area contributed by atoms with Gasteiger partial charge in [0.15, 0.2) is 6.79 Å². The second kappa shape index (κ2) is 4.37. The standard InChI is InChI=1S/C12H12O4/c1-8-9-3-6-12(13)16-11(9)5-4-10(8)15-7-14-2/h3-6H,7H2,1-2H3. The number of aryl methyl sites for hydroxylation is 1. The van der Waals surface area contributed by atoms with Crippen LogP contribution in [0.15, 0.2) is 33.5 Å². The molecule has 1 aromatic heterocycles. The van der Waals surface area contributed by atoms with E-state index in [0.29, 0.717) is 5.58 Å². The van der Waals surface area contributed by atoms with Gasteiger partial charge in [0.25, 0.3) is 0 Å². The van der Waals surface area contributed by atoms with Gasteiger partial charge in [0.2, 0.25) is 0 Å². The van der Waals surface area contributed by atoms with Crippen LogP contribution in [-0.4, -0.2) is 13.9 Å². The van der Waals surface area contributed by atoms with Gasteiger partial charge in [-0.15, -0.1) is 0 Å². The highest BCUT2D eigenvalue weighted by molar-refractivity contribution is 5.82. The van der Waals surface area contributed by atoms with Crippen molar-refractivity contribution >= 4 is 11.0 Å². The molecule has 0 unspecified atom stereocenters. The van der Waals surface area contributed by atoms with Crippen molar-refractivity contribution in [1.82, 2.24) is 0 Å². The van der Waals surface area contributed by atoms with Gasteiger partial charge < -0.3 is 13.9 Å². The number of ether oxygens (including phenoxy) is 2. The molecule has 1 aromatic carbocycles. The molecule has 0 N–H and O–H groups in total. The molecule has 0 aliphatic carbocycles. The van der Waals surface area contributed by atoms with Gasteiger partial charge in [0, 0.05) is 24.1 Å². The Morgan fingerprint density at radius 1 is 1.25 bits per heavy atom. The van der Waals surface area contributed by atoms with E-state index in [1.807, 2.05) is 6.92 Å². The number of benzene rings is 1. The normalized spacial score (nSPS) is 10.6. The van der Waals surface area contributed by atoms with E-state index in [2.05, 4.69) is 0 Å². The van der Waals surface area contributed by atoms with Gasteiger partial charge in [-0.2, -0.15) is 0 Å². The van der Waals surface area contributed by atoms with Crippen LogP contribution in [0.4, 0.5) is 0 Å². The summed E-state index contributed by atoms with van der Waals surface area (Å²) in [5.41, 5.74) is 1.14. The van der Waals surface area contributed by atoms with Crippen molar-refractivity contribution in [3.05, 3.63) is 40.2 Å². The van der Waals surface area contributed by atoms with Crippen molar-refractivity contribution in [2.45, 2.75) is 6.92 Å². The van der Waals surface area contributed by atoms with Crippen molar-refractivity contribution in [2.24, 2.45) is 0 Å². The molecule has 0 aliphatic rings. The Labute approximate surface area is 92.4 Å². The lowest BCUT2D eigenvalue weighted by molar-refractivity contribution is 0.0507. The zero-order valence-corrected chi connectivity index (χ0v) is 9.15. The fourth-order valence-corrected chi connectivity index (χ4v) is 1.55. The summed E-state index contributed by atoms with van der Waals surface area (Å²) in [6.45, 7) is 2.11. The van der Waals surface area contributed by atoms with Gasteiger partial charge in [-0.05, 0) is 25.1 Å². The summed E-state index contributed by atoms with van der Waals surface area (Å²) in [5.74, 6) is 0.725. The Balaban J connectivity index is 2.52. The van der Waals surface area contributed by atoms with Gasteiger partial charge in [-0.3, -0.25) is 0 Å². The molecular weight excluding hydrogens is 208 g/mol. The van der Waals surface area contributed by atoms with Gasteiger partial charge in [0.05, 0.1) is 0 Å². The summed E-state index contributed by atoms with van der Waals surface area (Å²) < 4.78 is 15.3. The smallest absolute Gasteiger partial charge is 0.336 e. The Morgan fingerprint density at radius 3 is 2.81 bits per heavy atom. The summed E-state index contributed by atoms with van der Waals surface area (Å²) in [6.07, 6.45) is 0. The molecule has 2 aromatic rings. The maximum atomic E-state index is 11.0. The first-order valence-electron chi connectivity index (χ1n) is 4.87. The predicted octanol–water partition coefficient (Wildman–Crippen LogP) is 2.08. The van der Waals surface area contributed by atoms with Crippen LogP contribution in [0.5, 0.6) is 5.75 Å². The lowest BCUT2D eigenvalue weighted by atomic mass is 10.1. The van der Waals surface area contributed by atoms with E-state index in [1.54, 1.807) is 25.3 Å². The maximum absolute atomic E-state index is 11.0. The quantitative estimate of drug-likeness (QED) is 0.587. The van der Waals surface area contributed by atoms with E-state index < -0.39 is 0 Å².